The molecule has 0 bridgehead atoms. The molecule has 0 atom stereocenters. The van der Waals surface area contributed by atoms with Crippen molar-refractivity contribution in [2.24, 2.45) is 0 Å². The van der Waals surface area contributed by atoms with Crippen molar-refractivity contribution in [2.45, 2.75) is 59.5 Å². The summed E-state index contributed by atoms with van der Waals surface area (Å²) in [7, 11) is 0. The molecule has 96 valence electrons. The molecule has 2 heteroatoms. The molecule has 1 aromatic rings. The maximum absolute atomic E-state index is 10.2. The fourth-order valence-electron chi connectivity index (χ4n) is 2.26. The highest BCUT2D eigenvalue weighted by Crippen LogP contribution is 2.38. The van der Waals surface area contributed by atoms with Crippen molar-refractivity contribution in [3.63, 3.8) is 0 Å². The van der Waals surface area contributed by atoms with Crippen LogP contribution in [0, 0.1) is 6.92 Å². The van der Waals surface area contributed by atoms with E-state index in [4.69, 9.17) is 0 Å². The van der Waals surface area contributed by atoms with E-state index >= 15 is 0 Å². The van der Waals surface area contributed by atoms with E-state index in [-0.39, 0.29) is 23.7 Å². The predicted molar refractivity (Wildman–Crippen MR) is 71.6 cm³/mol. The van der Waals surface area contributed by atoms with Gasteiger partial charge in [-0.2, -0.15) is 0 Å². The summed E-state index contributed by atoms with van der Waals surface area (Å²) in [6.45, 7) is 12.4. The average Bonchev–Trinajstić information content (AvgIpc) is 2.15. The van der Waals surface area contributed by atoms with E-state index in [1.165, 1.54) is 5.56 Å². The van der Waals surface area contributed by atoms with E-state index in [0.717, 1.165) is 11.1 Å². The monoisotopic (exact) mass is 236 g/mol. The van der Waals surface area contributed by atoms with Crippen LogP contribution < -0.4 is 0 Å². The Labute approximate surface area is 104 Å². The second-order valence-corrected chi connectivity index (χ2v) is 6.03. The minimum Gasteiger partial charge on any atom is -0.507 e. The number of phenols is 1. The Hall–Kier alpha value is -1.02. The van der Waals surface area contributed by atoms with Crippen LogP contribution in [0.25, 0.3) is 0 Å². The van der Waals surface area contributed by atoms with E-state index in [9.17, 15) is 10.2 Å². The lowest BCUT2D eigenvalue weighted by Crippen LogP contribution is -2.15. The van der Waals surface area contributed by atoms with Crippen LogP contribution in [0.3, 0.4) is 0 Å². The van der Waals surface area contributed by atoms with Gasteiger partial charge < -0.3 is 10.2 Å². The van der Waals surface area contributed by atoms with Crippen LogP contribution in [0.5, 0.6) is 5.75 Å². The van der Waals surface area contributed by atoms with Gasteiger partial charge in [0.1, 0.15) is 5.75 Å². The first-order chi connectivity index (χ1) is 7.70. The maximum Gasteiger partial charge on any atom is 0.124 e. The number of rotatable bonds is 2. The minimum absolute atomic E-state index is 0.0192. The number of hydrogen-bond donors (Lipinski definition) is 2. The van der Waals surface area contributed by atoms with Crippen molar-refractivity contribution < 1.29 is 10.2 Å². The van der Waals surface area contributed by atoms with Crippen molar-refractivity contribution >= 4 is 0 Å². The third kappa shape index (κ3) is 2.63. The van der Waals surface area contributed by atoms with Crippen LogP contribution in [0.1, 0.15) is 62.8 Å². The van der Waals surface area contributed by atoms with Gasteiger partial charge in [-0.1, -0.05) is 40.7 Å². The lowest BCUT2D eigenvalue weighted by molar-refractivity contribution is 0.273. The van der Waals surface area contributed by atoms with Gasteiger partial charge >= 0.3 is 0 Å². The number of benzene rings is 1. The first-order valence-corrected chi connectivity index (χ1v) is 6.16. The highest BCUT2D eigenvalue weighted by Gasteiger charge is 2.23. The summed E-state index contributed by atoms with van der Waals surface area (Å²) in [6.07, 6.45) is 0. The smallest absolute Gasteiger partial charge is 0.124 e. The highest BCUT2D eigenvalue weighted by atomic mass is 16.3. The standard InChI is InChI=1S/C15H24O2/c1-9(2)11-7-13(15(4,5)6)10(3)12(8-16)14(11)17/h7,9,16-17H,8H2,1-6H3. The van der Waals surface area contributed by atoms with Gasteiger partial charge in [-0.25, -0.2) is 0 Å². The maximum atomic E-state index is 10.2. The van der Waals surface area contributed by atoms with Crippen molar-refractivity contribution in [1.82, 2.24) is 0 Å². The predicted octanol–water partition coefficient (Wildman–Crippen LogP) is 3.61. The highest BCUT2D eigenvalue weighted by molar-refractivity contribution is 5.52. The molecular weight excluding hydrogens is 212 g/mol. The third-order valence-electron chi connectivity index (χ3n) is 3.30. The molecule has 0 fully saturated rings. The fraction of sp³-hybridized carbons (Fsp3) is 0.600. The Morgan fingerprint density at radius 3 is 2.12 bits per heavy atom. The summed E-state index contributed by atoms with van der Waals surface area (Å²) in [5, 5.41) is 19.6. The Morgan fingerprint density at radius 1 is 1.24 bits per heavy atom. The first kappa shape index (κ1) is 14.0. The van der Waals surface area contributed by atoms with Crippen molar-refractivity contribution in [2.75, 3.05) is 0 Å². The lowest BCUT2D eigenvalue weighted by Gasteiger charge is -2.26. The molecule has 1 aromatic carbocycles. The Balaban J connectivity index is 3.59. The van der Waals surface area contributed by atoms with Crippen LogP contribution in [0.4, 0.5) is 0 Å². The Bertz CT molecular complexity index is 412. The molecular formula is C15H24O2. The molecule has 0 radical (unpaired) electrons. The van der Waals surface area contributed by atoms with Gasteiger partial charge in [0.05, 0.1) is 6.61 Å². The zero-order valence-electron chi connectivity index (χ0n) is 11.8. The SMILES string of the molecule is Cc1c(C(C)(C)C)cc(C(C)C)c(O)c1CO. The molecule has 0 aliphatic rings. The second-order valence-electron chi connectivity index (χ2n) is 6.03. The van der Waals surface area contributed by atoms with E-state index in [1.807, 2.05) is 6.92 Å². The Morgan fingerprint density at radius 2 is 1.76 bits per heavy atom. The van der Waals surface area contributed by atoms with E-state index in [0.29, 0.717) is 5.56 Å². The van der Waals surface area contributed by atoms with Crippen LogP contribution in [0.2, 0.25) is 0 Å². The Kier molecular flexibility index (Phi) is 3.88. The van der Waals surface area contributed by atoms with Gasteiger partial charge in [0.25, 0.3) is 0 Å². The largest absolute Gasteiger partial charge is 0.507 e. The van der Waals surface area contributed by atoms with Crippen LogP contribution in [0.15, 0.2) is 6.07 Å². The van der Waals surface area contributed by atoms with Crippen LogP contribution in [-0.2, 0) is 12.0 Å². The van der Waals surface area contributed by atoms with E-state index in [1.54, 1.807) is 0 Å². The van der Waals surface area contributed by atoms with Crippen LogP contribution >= 0.6 is 0 Å². The van der Waals surface area contributed by atoms with Gasteiger partial charge in [-0.05, 0) is 34.9 Å². The van der Waals surface area contributed by atoms with Gasteiger partial charge in [0.2, 0.25) is 0 Å². The summed E-state index contributed by atoms with van der Waals surface area (Å²) in [4.78, 5) is 0. The summed E-state index contributed by atoms with van der Waals surface area (Å²) in [6, 6.07) is 2.08. The fourth-order valence-corrected chi connectivity index (χ4v) is 2.26. The lowest BCUT2D eigenvalue weighted by atomic mass is 9.80. The molecule has 0 aliphatic carbocycles. The number of hydrogen-bond acceptors (Lipinski definition) is 2. The third-order valence-corrected chi connectivity index (χ3v) is 3.30. The normalized spacial score (nSPS) is 12.2. The first-order valence-electron chi connectivity index (χ1n) is 6.16. The molecule has 0 heterocycles. The molecule has 0 aromatic heterocycles. The van der Waals surface area contributed by atoms with Gasteiger partial charge in [-0.15, -0.1) is 0 Å². The molecule has 2 nitrogen and oxygen atoms in total. The molecule has 0 saturated carbocycles. The molecule has 2 N–H and O–H groups in total. The zero-order valence-corrected chi connectivity index (χ0v) is 11.8. The summed E-state index contributed by atoms with van der Waals surface area (Å²) in [5.74, 6) is 0.509. The van der Waals surface area contributed by atoms with Crippen molar-refractivity contribution in [1.29, 1.82) is 0 Å². The average molecular weight is 236 g/mol. The van der Waals surface area contributed by atoms with Gasteiger partial charge in [0, 0.05) is 5.56 Å². The van der Waals surface area contributed by atoms with E-state index in [2.05, 4.69) is 40.7 Å². The molecule has 0 amide bonds. The van der Waals surface area contributed by atoms with Gasteiger partial charge in [-0.3, -0.25) is 0 Å². The topological polar surface area (TPSA) is 40.5 Å². The quantitative estimate of drug-likeness (QED) is 0.823. The summed E-state index contributed by atoms with van der Waals surface area (Å²) >= 11 is 0. The zero-order chi connectivity index (χ0) is 13.4. The minimum atomic E-state index is -0.110. The number of aliphatic hydroxyl groups is 1. The van der Waals surface area contributed by atoms with Crippen LogP contribution in [-0.4, -0.2) is 10.2 Å². The van der Waals surface area contributed by atoms with E-state index < -0.39 is 0 Å². The second kappa shape index (κ2) is 4.69. The number of aliphatic hydroxyl groups excluding tert-OH is 1. The molecule has 1 rings (SSSR count). The van der Waals surface area contributed by atoms with Gasteiger partial charge in [0.15, 0.2) is 0 Å². The molecule has 17 heavy (non-hydrogen) atoms. The molecule has 0 saturated heterocycles. The molecule has 0 aliphatic heterocycles. The molecule has 0 unspecified atom stereocenters. The van der Waals surface area contributed by atoms with Crippen molar-refractivity contribution in [3.05, 3.63) is 28.3 Å². The summed E-state index contributed by atoms with van der Waals surface area (Å²) < 4.78 is 0. The summed E-state index contributed by atoms with van der Waals surface area (Å²) in [5.41, 5.74) is 3.81. The number of aromatic hydroxyl groups is 1. The van der Waals surface area contributed by atoms with Crippen molar-refractivity contribution in [3.8, 4) is 5.75 Å². The molecule has 0 spiro atoms.